The van der Waals surface area contributed by atoms with E-state index in [-0.39, 0.29) is 29.7 Å². The third kappa shape index (κ3) is 4.81. The zero-order valence-corrected chi connectivity index (χ0v) is 18.1. The van der Waals surface area contributed by atoms with Crippen LogP contribution in [0.15, 0.2) is 53.4 Å². The van der Waals surface area contributed by atoms with Gasteiger partial charge in [0.15, 0.2) is 0 Å². The smallest absolute Gasteiger partial charge is 0.240 e. The molecule has 0 aromatic heterocycles. The number of nitrogens with zero attached hydrogens (tertiary/aromatic N) is 1. The van der Waals surface area contributed by atoms with Gasteiger partial charge in [-0.25, -0.2) is 0 Å². The molecule has 158 valence electrons. The highest BCUT2D eigenvalue weighted by atomic mass is 32.2. The lowest BCUT2D eigenvalue weighted by Gasteiger charge is -2.26. The number of carbonyl (C=O) groups is 2. The van der Waals surface area contributed by atoms with E-state index in [0.29, 0.717) is 6.42 Å². The van der Waals surface area contributed by atoms with Crippen LogP contribution in [0.3, 0.4) is 0 Å². The fraction of sp³-hybridized carbons (Fsp3) is 0.417. The monoisotopic (exact) mass is 424 g/mol. The number of rotatable bonds is 5. The quantitative estimate of drug-likeness (QED) is 0.755. The molecule has 4 rings (SSSR count). The maximum Gasteiger partial charge on any atom is 0.240 e. The van der Waals surface area contributed by atoms with Crippen molar-refractivity contribution in [2.45, 2.75) is 54.7 Å². The van der Waals surface area contributed by atoms with E-state index in [2.05, 4.69) is 5.32 Å². The Balaban J connectivity index is 1.53. The second-order valence-corrected chi connectivity index (χ2v) is 9.18. The SMILES string of the molecule is COc1ccc([C@H]2CC(=O)N(CC(=O)NC3CCCCC3)c3ccccc3S2)cc1. The maximum atomic E-state index is 13.2. The van der Waals surface area contributed by atoms with E-state index in [1.54, 1.807) is 23.8 Å². The number of fused-ring (bicyclic) bond motifs is 1. The molecule has 0 radical (unpaired) electrons. The Kier molecular flexibility index (Phi) is 6.62. The van der Waals surface area contributed by atoms with Crippen LogP contribution in [-0.4, -0.2) is 31.5 Å². The van der Waals surface area contributed by atoms with Crippen LogP contribution in [0, 0.1) is 0 Å². The van der Waals surface area contributed by atoms with E-state index >= 15 is 0 Å². The highest BCUT2D eigenvalue weighted by molar-refractivity contribution is 7.99. The summed E-state index contributed by atoms with van der Waals surface area (Å²) in [7, 11) is 1.64. The summed E-state index contributed by atoms with van der Waals surface area (Å²) < 4.78 is 5.26. The van der Waals surface area contributed by atoms with Gasteiger partial charge in [0, 0.05) is 22.6 Å². The van der Waals surface area contributed by atoms with Gasteiger partial charge in [-0.05, 0) is 42.7 Å². The average Bonchev–Trinajstić information content (AvgIpc) is 2.91. The summed E-state index contributed by atoms with van der Waals surface area (Å²) in [5.41, 5.74) is 1.90. The molecule has 1 heterocycles. The largest absolute Gasteiger partial charge is 0.497 e. The van der Waals surface area contributed by atoms with E-state index in [0.717, 1.165) is 47.6 Å². The molecule has 2 aromatic carbocycles. The van der Waals surface area contributed by atoms with E-state index in [1.165, 1.54) is 6.42 Å². The van der Waals surface area contributed by atoms with Gasteiger partial charge in [0.25, 0.3) is 0 Å². The molecule has 0 saturated heterocycles. The van der Waals surface area contributed by atoms with Crippen molar-refractivity contribution in [3.63, 3.8) is 0 Å². The first-order valence-corrected chi connectivity index (χ1v) is 11.5. The van der Waals surface area contributed by atoms with Crippen LogP contribution in [-0.2, 0) is 9.59 Å². The molecule has 0 bridgehead atoms. The third-order valence-electron chi connectivity index (χ3n) is 5.85. The predicted molar refractivity (Wildman–Crippen MR) is 120 cm³/mol. The molecular weight excluding hydrogens is 396 g/mol. The number of benzene rings is 2. The van der Waals surface area contributed by atoms with E-state index < -0.39 is 0 Å². The van der Waals surface area contributed by atoms with Crippen molar-refractivity contribution in [2.24, 2.45) is 0 Å². The molecule has 6 heteroatoms. The highest BCUT2D eigenvalue weighted by Crippen LogP contribution is 2.45. The summed E-state index contributed by atoms with van der Waals surface area (Å²) in [5.74, 6) is 0.704. The maximum absolute atomic E-state index is 13.2. The van der Waals surface area contributed by atoms with Crippen molar-refractivity contribution in [2.75, 3.05) is 18.6 Å². The Labute approximate surface area is 182 Å². The van der Waals surface area contributed by atoms with Crippen LogP contribution in [0.1, 0.15) is 49.3 Å². The van der Waals surface area contributed by atoms with E-state index in [1.807, 2.05) is 48.5 Å². The molecule has 1 fully saturated rings. The first-order chi connectivity index (χ1) is 14.6. The number of ether oxygens (including phenoxy) is 1. The van der Waals surface area contributed by atoms with Crippen molar-refractivity contribution in [1.29, 1.82) is 0 Å². The fourth-order valence-corrected chi connectivity index (χ4v) is 5.50. The molecule has 2 aliphatic rings. The Hall–Kier alpha value is -2.47. The molecule has 1 aliphatic carbocycles. The lowest BCUT2D eigenvalue weighted by atomic mass is 9.95. The lowest BCUT2D eigenvalue weighted by molar-refractivity contribution is -0.124. The van der Waals surface area contributed by atoms with Crippen LogP contribution in [0.2, 0.25) is 0 Å². The Bertz CT molecular complexity index is 894. The van der Waals surface area contributed by atoms with Crippen LogP contribution in [0.5, 0.6) is 5.75 Å². The van der Waals surface area contributed by atoms with Gasteiger partial charge in [0.05, 0.1) is 12.8 Å². The van der Waals surface area contributed by atoms with Gasteiger partial charge < -0.3 is 15.0 Å². The van der Waals surface area contributed by atoms with Gasteiger partial charge in [-0.1, -0.05) is 43.5 Å². The number of para-hydroxylation sites is 1. The molecule has 2 amide bonds. The van der Waals surface area contributed by atoms with Crippen LogP contribution in [0.4, 0.5) is 5.69 Å². The first kappa shape index (κ1) is 20.8. The molecule has 30 heavy (non-hydrogen) atoms. The summed E-state index contributed by atoms with van der Waals surface area (Å²) in [5, 5.41) is 3.14. The predicted octanol–water partition coefficient (Wildman–Crippen LogP) is 4.71. The second kappa shape index (κ2) is 9.56. The molecule has 5 nitrogen and oxygen atoms in total. The van der Waals surface area contributed by atoms with Gasteiger partial charge in [0.1, 0.15) is 12.3 Å². The van der Waals surface area contributed by atoms with Crippen LogP contribution >= 0.6 is 11.8 Å². The summed E-state index contributed by atoms with van der Waals surface area (Å²) in [6.45, 7) is 0.0717. The minimum Gasteiger partial charge on any atom is -0.497 e. The molecule has 0 spiro atoms. The van der Waals surface area contributed by atoms with Gasteiger partial charge in [-0.15, -0.1) is 11.8 Å². The number of anilines is 1. The fourth-order valence-electron chi connectivity index (χ4n) is 4.22. The molecule has 1 saturated carbocycles. The standard InChI is InChI=1S/C24H28N2O3S/c1-29-19-13-11-17(12-14-19)22-15-24(28)26(20-9-5-6-10-21(20)30-22)16-23(27)25-18-7-3-2-4-8-18/h5-6,9-14,18,22H,2-4,7-8,15-16H2,1H3,(H,25,27)/t22-/m1/s1. The molecule has 1 atom stereocenters. The minimum absolute atomic E-state index is 0.00374. The van der Waals surface area contributed by atoms with Crippen molar-refractivity contribution in [1.82, 2.24) is 5.32 Å². The Morgan fingerprint density at radius 2 is 1.83 bits per heavy atom. The Morgan fingerprint density at radius 3 is 2.57 bits per heavy atom. The van der Waals surface area contributed by atoms with E-state index in [9.17, 15) is 9.59 Å². The molecule has 1 N–H and O–H groups in total. The normalized spacial score (nSPS) is 19.7. The van der Waals surface area contributed by atoms with Crippen LogP contribution in [0.25, 0.3) is 0 Å². The summed E-state index contributed by atoms with van der Waals surface area (Å²) >= 11 is 1.68. The molecule has 2 aromatic rings. The molecular formula is C24H28N2O3S. The van der Waals surface area contributed by atoms with Gasteiger partial charge in [0.2, 0.25) is 11.8 Å². The third-order valence-corrected chi connectivity index (χ3v) is 7.17. The van der Waals surface area contributed by atoms with Crippen molar-refractivity contribution in [3.8, 4) is 5.75 Å². The summed E-state index contributed by atoms with van der Waals surface area (Å²) in [6, 6.07) is 16.0. The number of amides is 2. The zero-order valence-electron chi connectivity index (χ0n) is 17.3. The van der Waals surface area contributed by atoms with Crippen LogP contribution < -0.4 is 15.0 Å². The van der Waals surface area contributed by atoms with E-state index in [4.69, 9.17) is 4.74 Å². The number of thioether (sulfide) groups is 1. The van der Waals surface area contributed by atoms with Crippen molar-refractivity contribution in [3.05, 3.63) is 54.1 Å². The second-order valence-electron chi connectivity index (χ2n) is 7.93. The number of carbonyl (C=O) groups excluding carboxylic acids is 2. The lowest BCUT2D eigenvalue weighted by Crippen LogP contribution is -2.45. The number of nitrogens with one attached hydrogen (secondary N) is 1. The number of hydrogen-bond donors (Lipinski definition) is 1. The van der Waals surface area contributed by atoms with Gasteiger partial charge in [-0.3, -0.25) is 9.59 Å². The number of methoxy groups -OCH3 is 1. The van der Waals surface area contributed by atoms with Gasteiger partial charge >= 0.3 is 0 Å². The number of hydrogen-bond acceptors (Lipinski definition) is 4. The first-order valence-electron chi connectivity index (χ1n) is 10.6. The van der Waals surface area contributed by atoms with Crippen molar-refractivity contribution >= 4 is 29.3 Å². The zero-order chi connectivity index (χ0) is 20.9. The van der Waals surface area contributed by atoms with Gasteiger partial charge in [-0.2, -0.15) is 0 Å². The topological polar surface area (TPSA) is 58.6 Å². The average molecular weight is 425 g/mol. The summed E-state index contributed by atoms with van der Waals surface area (Å²) in [4.78, 5) is 28.6. The Morgan fingerprint density at radius 1 is 1.10 bits per heavy atom. The summed E-state index contributed by atoms with van der Waals surface area (Å²) in [6.07, 6.45) is 5.99. The molecule has 0 unspecified atom stereocenters. The molecule has 1 aliphatic heterocycles. The highest BCUT2D eigenvalue weighted by Gasteiger charge is 2.30. The van der Waals surface area contributed by atoms with Crippen molar-refractivity contribution < 1.29 is 14.3 Å². The minimum atomic E-state index is -0.0713.